The van der Waals surface area contributed by atoms with E-state index >= 15 is 0 Å². The van der Waals surface area contributed by atoms with Crippen LogP contribution in [0.4, 0.5) is 0 Å². The van der Waals surface area contributed by atoms with Crippen molar-refractivity contribution in [1.82, 2.24) is 10.2 Å². The lowest BCUT2D eigenvalue weighted by atomic mass is 9.94. The molecule has 1 N–H and O–H groups in total. The molecule has 1 aromatic rings. The monoisotopic (exact) mass is 288 g/mol. The van der Waals surface area contributed by atoms with Crippen molar-refractivity contribution in [3.8, 4) is 0 Å². The fraction of sp³-hybridized carbons (Fsp3) is 0.529. The number of carbonyl (C=O) groups is 2. The van der Waals surface area contributed by atoms with E-state index in [1.807, 2.05) is 30.1 Å². The third-order valence-corrected chi connectivity index (χ3v) is 4.22. The minimum atomic E-state index is -0.496. The molecule has 1 aliphatic rings. The SMILES string of the molecule is CC(NC(=O)c1ccccc1)C(=O)N(C)C1CCCCC1. The minimum absolute atomic E-state index is 0.00817. The molecule has 1 aromatic carbocycles. The molecule has 4 nitrogen and oxygen atoms in total. The predicted octanol–water partition coefficient (Wildman–Crippen LogP) is 2.60. The van der Waals surface area contributed by atoms with Gasteiger partial charge in [-0.1, -0.05) is 37.5 Å². The Hall–Kier alpha value is -1.84. The van der Waals surface area contributed by atoms with Crippen LogP contribution in [0.15, 0.2) is 30.3 Å². The molecule has 2 amide bonds. The molecule has 1 aliphatic carbocycles. The summed E-state index contributed by atoms with van der Waals surface area (Å²) in [6.07, 6.45) is 5.78. The Morgan fingerprint density at radius 3 is 2.38 bits per heavy atom. The van der Waals surface area contributed by atoms with Crippen molar-refractivity contribution in [2.24, 2.45) is 0 Å². The number of hydrogen-bond acceptors (Lipinski definition) is 2. The molecule has 0 saturated heterocycles. The Morgan fingerprint density at radius 1 is 1.14 bits per heavy atom. The second-order valence-corrected chi connectivity index (χ2v) is 5.80. The first-order valence-electron chi connectivity index (χ1n) is 7.72. The van der Waals surface area contributed by atoms with Crippen LogP contribution in [0.3, 0.4) is 0 Å². The lowest BCUT2D eigenvalue weighted by Crippen LogP contribution is -2.49. The van der Waals surface area contributed by atoms with E-state index in [0.29, 0.717) is 11.6 Å². The van der Waals surface area contributed by atoms with Crippen LogP contribution in [0.25, 0.3) is 0 Å². The van der Waals surface area contributed by atoms with E-state index < -0.39 is 6.04 Å². The van der Waals surface area contributed by atoms with Crippen LogP contribution in [-0.2, 0) is 4.79 Å². The molecule has 0 aliphatic heterocycles. The largest absolute Gasteiger partial charge is 0.341 e. The summed E-state index contributed by atoms with van der Waals surface area (Å²) < 4.78 is 0. The topological polar surface area (TPSA) is 49.4 Å². The second kappa shape index (κ2) is 7.25. The van der Waals surface area contributed by atoms with E-state index in [9.17, 15) is 9.59 Å². The first-order chi connectivity index (χ1) is 10.1. The Bertz CT molecular complexity index is 481. The van der Waals surface area contributed by atoms with Crippen molar-refractivity contribution in [3.63, 3.8) is 0 Å². The van der Waals surface area contributed by atoms with Gasteiger partial charge in [0.05, 0.1) is 0 Å². The van der Waals surface area contributed by atoms with Crippen molar-refractivity contribution in [2.75, 3.05) is 7.05 Å². The predicted molar refractivity (Wildman–Crippen MR) is 83.0 cm³/mol. The fourth-order valence-electron chi connectivity index (χ4n) is 2.88. The Balaban J connectivity index is 1.91. The molecule has 1 unspecified atom stereocenters. The van der Waals surface area contributed by atoms with Crippen molar-refractivity contribution in [3.05, 3.63) is 35.9 Å². The van der Waals surface area contributed by atoms with Crippen molar-refractivity contribution in [1.29, 1.82) is 0 Å². The maximum atomic E-state index is 12.4. The molecule has 0 heterocycles. The lowest BCUT2D eigenvalue weighted by Gasteiger charge is -2.33. The first-order valence-corrected chi connectivity index (χ1v) is 7.72. The van der Waals surface area contributed by atoms with Crippen LogP contribution in [0.1, 0.15) is 49.4 Å². The lowest BCUT2D eigenvalue weighted by molar-refractivity contribution is -0.134. The fourth-order valence-corrected chi connectivity index (χ4v) is 2.88. The summed E-state index contributed by atoms with van der Waals surface area (Å²) in [5.41, 5.74) is 0.581. The third-order valence-electron chi connectivity index (χ3n) is 4.22. The quantitative estimate of drug-likeness (QED) is 0.926. The van der Waals surface area contributed by atoms with E-state index in [0.717, 1.165) is 12.8 Å². The maximum absolute atomic E-state index is 12.4. The van der Waals surface area contributed by atoms with Crippen LogP contribution < -0.4 is 5.32 Å². The molecular weight excluding hydrogens is 264 g/mol. The normalized spacial score (nSPS) is 17.0. The standard InChI is InChI=1S/C17H24N2O2/c1-13(18-16(20)14-9-5-3-6-10-14)17(21)19(2)15-11-7-4-8-12-15/h3,5-6,9-10,13,15H,4,7-8,11-12H2,1-2H3,(H,18,20). The van der Waals surface area contributed by atoms with Crippen molar-refractivity contribution >= 4 is 11.8 Å². The summed E-state index contributed by atoms with van der Waals surface area (Å²) in [5, 5.41) is 2.79. The molecule has 21 heavy (non-hydrogen) atoms. The zero-order valence-electron chi connectivity index (χ0n) is 12.8. The molecule has 1 saturated carbocycles. The Morgan fingerprint density at radius 2 is 1.76 bits per heavy atom. The average Bonchev–Trinajstić information content (AvgIpc) is 2.55. The van der Waals surface area contributed by atoms with E-state index in [-0.39, 0.29) is 11.8 Å². The van der Waals surface area contributed by atoms with Crippen LogP contribution in [0.5, 0.6) is 0 Å². The minimum Gasteiger partial charge on any atom is -0.341 e. The molecule has 1 atom stereocenters. The third kappa shape index (κ3) is 4.06. The molecule has 4 heteroatoms. The highest BCUT2D eigenvalue weighted by molar-refractivity contribution is 5.97. The summed E-state index contributed by atoms with van der Waals surface area (Å²) in [6, 6.07) is 8.81. The summed E-state index contributed by atoms with van der Waals surface area (Å²) in [6.45, 7) is 1.75. The van der Waals surface area contributed by atoms with Crippen LogP contribution in [0, 0.1) is 0 Å². The molecule has 2 rings (SSSR count). The second-order valence-electron chi connectivity index (χ2n) is 5.80. The van der Waals surface area contributed by atoms with E-state index in [1.54, 1.807) is 19.1 Å². The van der Waals surface area contributed by atoms with Crippen molar-refractivity contribution < 1.29 is 9.59 Å². The number of hydrogen-bond donors (Lipinski definition) is 1. The van der Waals surface area contributed by atoms with Crippen LogP contribution >= 0.6 is 0 Å². The Labute approximate surface area is 126 Å². The van der Waals surface area contributed by atoms with Gasteiger partial charge in [-0.25, -0.2) is 0 Å². The van der Waals surface area contributed by atoms with Gasteiger partial charge in [0.2, 0.25) is 5.91 Å². The number of rotatable bonds is 4. The summed E-state index contributed by atoms with van der Waals surface area (Å²) >= 11 is 0. The highest BCUT2D eigenvalue weighted by Gasteiger charge is 2.26. The number of nitrogens with one attached hydrogen (secondary N) is 1. The zero-order chi connectivity index (χ0) is 15.2. The number of likely N-dealkylation sites (N-methyl/N-ethyl adjacent to an activating group) is 1. The molecular formula is C17H24N2O2. The van der Waals surface area contributed by atoms with Gasteiger partial charge in [-0.3, -0.25) is 9.59 Å². The van der Waals surface area contributed by atoms with Gasteiger partial charge in [0, 0.05) is 18.7 Å². The van der Waals surface area contributed by atoms with Gasteiger partial charge >= 0.3 is 0 Å². The molecule has 1 fully saturated rings. The van der Waals surface area contributed by atoms with Crippen molar-refractivity contribution in [2.45, 2.75) is 51.1 Å². The summed E-state index contributed by atoms with van der Waals surface area (Å²) in [5.74, 6) is -0.209. The molecule has 114 valence electrons. The van der Waals surface area contributed by atoms with Gasteiger partial charge in [-0.05, 0) is 31.9 Å². The number of nitrogens with zero attached hydrogens (tertiary/aromatic N) is 1. The van der Waals surface area contributed by atoms with Gasteiger partial charge < -0.3 is 10.2 Å². The highest BCUT2D eigenvalue weighted by atomic mass is 16.2. The van der Waals surface area contributed by atoms with Gasteiger partial charge in [-0.15, -0.1) is 0 Å². The van der Waals surface area contributed by atoms with E-state index in [1.165, 1.54) is 19.3 Å². The smallest absolute Gasteiger partial charge is 0.251 e. The maximum Gasteiger partial charge on any atom is 0.251 e. The van der Waals surface area contributed by atoms with Gasteiger partial charge in [0.1, 0.15) is 6.04 Å². The summed E-state index contributed by atoms with van der Waals surface area (Å²) in [4.78, 5) is 26.3. The van der Waals surface area contributed by atoms with Gasteiger partial charge in [0.25, 0.3) is 5.91 Å². The molecule has 0 spiro atoms. The van der Waals surface area contributed by atoms with E-state index in [2.05, 4.69) is 5.32 Å². The van der Waals surface area contributed by atoms with Gasteiger partial charge in [0.15, 0.2) is 0 Å². The van der Waals surface area contributed by atoms with E-state index in [4.69, 9.17) is 0 Å². The zero-order valence-corrected chi connectivity index (χ0v) is 12.8. The molecule has 0 aromatic heterocycles. The number of amides is 2. The van der Waals surface area contributed by atoms with Gasteiger partial charge in [-0.2, -0.15) is 0 Å². The number of carbonyl (C=O) groups excluding carboxylic acids is 2. The number of benzene rings is 1. The first kappa shape index (κ1) is 15.5. The van der Waals surface area contributed by atoms with Crippen LogP contribution in [0.2, 0.25) is 0 Å². The average molecular weight is 288 g/mol. The molecule has 0 radical (unpaired) electrons. The van der Waals surface area contributed by atoms with Crippen LogP contribution in [-0.4, -0.2) is 35.8 Å². The summed E-state index contributed by atoms with van der Waals surface area (Å²) in [7, 11) is 1.85. The Kier molecular flexibility index (Phi) is 5.37. The molecule has 0 bridgehead atoms. The highest BCUT2D eigenvalue weighted by Crippen LogP contribution is 2.22.